The van der Waals surface area contributed by atoms with E-state index in [4.69, 9.17) is 0 Å². The minimum Gasteiger partial charge on any atom is -0.310 e. The average molecular weight is 1120 g/mol. The van der Waals surface area contributed by atoms with Gasteiger partial charge in [-0.25, -0.2) is 0 Å². The third kappa shape index (κ3) is 11.7. The highest BCUT2D eigenvalue weighted by molar-refractivity contribution is 5.89. The molecule has 0 unspecified atom stereocenters. The maximum Gasteiger partial charge on any atom is 0.0467 e. The number of unbranched alkanes of at least 4 members (excludes halogenated alkanes) is 6. The van der Waals surface area contributed by atoms with Crippen LogP contribution in [0.25, 0.3) is 44.5 Å². The Kier molecular flexibility index (Phi) is 17.3. The first-order chi connectivity index (χ1) is 42.2. The maximum atomic E-state index is 2.58. The van der Waals surface area contributed by atoms with E-state index in [0.717, 1.165) is 45.5 Å². The van der Waals surface area contributed by atoms with Gasteiger partial charge in [-0.2, -0.15) is 0 Å². The molecule has 0 N–H and O–H groups in total. The van der Waals surface area contributed by atoms with Crippen molar-refractivity contribution in [2.24, 2.45) is 0 Å². The van der Waals surface area contributed by atoms with E-state index in [2.05, 4.69) is 317 Å². The monoisotopic (exact) mass is 1120 g/mol. The molecular formula is C83H81N3. The van der Waals surface area contributed by atoms with Gasteiger partial charge in [0.25, 0.3) is 0 Å². The molecule has 12 rings (SSSR count). The van der Waals surface area contributed by atoms with Crippen LogP contribution in [-0.4, -0.2) is 0 Å². The zero-order valence-corrected chi connectivity index (χ0v) is 51.2. The van der Waals surface area contributed by atoms with Crippen molar-refractivity contribution < 1.29 is 0 Å². The minimum atomic E-state index is -0.000491. The number of benzene rings is 11. The average Bonchev–Trinajstić information content (AvgIpc) is 1.59. The van der Waals surface area contributed by atoms with Crippen LogP contribution < -0.4 is 14.7 Å². The summed E-state index contributed by atoms with van der Waals surface area (Å²) >= 11 is 0. The molecule has 0 atom stereocenters. The summed E-state index contributed by atoms with van der Waals surface area (Å²) in [5.41, 5.74) is 28.3. The van der Waals surface area contributed by atoms with Gasteiger partial charge < -0.3 is 14.7 Å². The topological polar surface area (TPSA) is 9.72 Å². The number of aryl methyl sites for hydroxylation is 4. The van der Waals surface area contributed by atoms with Gasteiger partial charge in [-0.1, -0.05) is 217 Å². The lowest BCUT2D eigenvalue weighted by Gasteiger charge is -2.34. The van der Waals surface area contributed by atoms with E-state index in [1.807, 2.05) is 0 Å². The summed E-state index contributed by atoms with van der Waals surface area (Å²) in [6, 6.07) is 96.8. The Morgan fingerprint density at radius 1 is 0.244 bits per heavy atom. The second-order valence-corrected chi connectivity index (χ2v) is 23.9. The SMILES string of the molecule is CCCCCCC1(CCCCCC)c2ccccc2-c2ccc(N(c3ccccc3)c3ccc(-c4ccc(N(c5cccc(-c6ccccc6)c5)c5ccc(-c6ccc(N(c7ccccc7)c7ccccc7)cc6C)c(C)c5)cc4C)c(C)c3)cc21. The lowest BCUT2D eigenvalue weighted by atomic mass is 9.70. The number of hydrogen-bond donors (Lipinski definition) is 0. The fourth-order valence-corrected chi connectivity index (χ4v) is 13.8. The van der Waals surface area contributed by atoms with Crippen molar-refractivity contribution in [3.63, 3.8) is 0 Å². The molecule has 1 aliphatic carbocycles. The molecule has 3 nitrogen and oxygen atoms in total. The van der Waals surface area contributed by atoms with Crippen molar-refractivity contribution >= 4 is 51.2 Å². The van der Waals surface area contributed by atoms with E-state index in [1.165, 1.54) is 148 Å². The molecule has 3 heteroatoms. The second kappa shape index (κ2) is 26.0. The summed E-state index contributed by atoms with van der Waals surface area (Å²) in [5, 5.41) is 0. The molecule has 0 heterocycles. The highest BCUT2D eigenvalue weighted by Gasteiger charge is 2.42. The first-order valence-electron chi connectivity index (χ1n) is 31.6. The molecule has 428 valence electrons. The highest BCUT2D eigenvalue weighted by Crippen LogP contribution is 2.56. The van der Waals surface area contributed by atoms with Gasteiger partial charge in [0, 0.05) is 56.6 Å². The zero-order chi connectivity index (χ0) is 59.0. The van der Waals surface area contributed by atoms with Crippen LogP contribution >= 0.6 is 0 Å². The third-order valence-electron chi connectivity index (χ3n) is 18.1. The summed E-state index contributed by atoms with van der Waals surface area (Å²) in [7, 11) is 0. The van der Waals surface area contributed by atoms with Gasteiger partial charge in [0.1, 0.15) is 0 Å². The molecule has 0 amide bonds. The summed E-state index contributed by atoms with van der Waals surface area (Å²) in [5.74, 6) is 0. The quantitative estimate of drug-likeness (QED) is 0.0626. The van der Waals surface area contributed by atoms with Crippen molar-refractivity contribution in [3.05, 3.63) is 294 Å². The molecule has 0 fully saturated rings. The molecule has 0 radical (unpaired) electrons. The normalized spacial score (nSPS) is 12.2. The van der Waals surface area contributed by atoms with E-state index in [9.17, 15) is 0 Å². The van der Waals surface area contributed by atoms with E-state index in [0.29, 0.717) is 0 Å². The van der Waals surface area contributed by atoms with Gasteiger partial charge >= 0.3 is 0 Å². The Morgan fingerprint density at radius 2 is 0.570 bits per heavy atom. The van der Waals surface area contributed by atoms with Gasteiger partial charge in [0.05, 0.1) is 0 Å². The first-order valence-corrected chi connectivity index (χ1v) is 31.6. The van der Waals surface area contributed by atoms with Crippen LogP contribution in [0.3, 0.4) is 0 Å². The van der Waals surface area contributed by atoms with Gasteiger partial charge in [-0.3, -0.25) is 0 Å². The van der Waals surface area contributed by atoms with Crippen LogP contribution in [0.15, 0.2) is 261 Å². The highest BCUT2D eigenvalue weighted by atomic mass is 15.2. The second-order valence-electron chi connectivity index (χ2n) is 23.9. The Hall–Kier alpha value is -9.18. The lowest BCUT2D eigenvalue weighted by molar-refractivity contribution is 0.401. The number of rotatable bonds is 22. The molecule has 11 aromatic carbocycles. The molecule has 11 aromatic rings. The first kappa shape index (κ1) is 57.3. The number of nitrogens with zero attached hydrogens (tertiary/aromatic N) is 3. The minimum absolute atomic E-state index is 0.000491. The lowest BCUT2D eigenvalue weighted by Crippen LogP contribution is -2.26. The predicted octanol–water partition coefficient (Wildman–Crippen LogP) is 24.5. The van der Waals surface area contributed by atoms with Gasteiger partial charge in [0.2, 0.25) is 0 Å². The van der Waals surface area contributed by atoms with Crippen molar-refractivity contribution in [1.82, 2.24) is 0 Å². The Morgan fingerprint density at radius 3 is 1.00 bits per heavy atom. The fourth-order valence-electron chi connectivity index (χ4n) is 13.8. The smallest absolute Gasteiger partial charge is 0.0467 e. The predicted molar refractivity (Wildman–Crippen MR) is 369 cm³/mol. The molecule has 0 spiro atoms. The number of anilines is 9. The standard InChI is InChI=1S/C83H81N3/c1-7-9-11-27-52-83(53-28-12-10-8-2)81-41-26-25-40-79(81)80-51-46-74(59-82(80)83)85(68-37-23-16-24-38-68)71-43-48-76(61(4)55-71)78-50-45-73(57-63(78)6)86(69-39-29-32-65(58-69)64-30-17-13-18-31-64)72-44-49-77(62(5)56-72)75-47-42-70(54-60(75)3)84(66-33-19-14-20-34-66)67-35-21-15-22-36-67/h13-26,29-51,54-59H,7-12,27-28,52-53H2,1-6H3. The van der Waals surface area contributed by atoms with E-state index in [-0.39, 0.29) is 5.41 Å². The summed E-state index contributed by atoms with van der Waals surface area (Å²) in [6.45, 7) is 13.7. The number of para-hydroxylation sites is 3. The van der Waals surface area contributed by atoms with Gasteiger partial charge in [-0.05, 0) is 228 Å². The third-order valence-corrected chi connectivity index (χ3v) is 18.1. The fraction of sp³-hybridized carbons (Fsp3) is 0.205. The largest absolute Gasteiger partial charge is 0.310 e. The molecule has 0 aliphatic heterocycles. The van der Waals surface area contributed by atoms with E-state index < -0.39 is 0 Å². The molecule has 0 saturated carbocycles. The van der Waals surface area contributed by atoms with Crippen LogP contribution in [0.1, 0.15) is 111 Å². The number of hydrogen-bond acceptors (Lipinski definition) is 3. The molecule has 0 aromatic heterocycles. The van der Waals surface area contributed by atoms with Crippen molar-refractivity contribution in [2.45, 2.75) is 111 Å². The number of fused-ring (bicyclic) bond motifs is 3. The van der Waals surface area contributed by atoms with Crippen LogP contribution in [0.2, 0.25) is 0 Å². The van der Waals surface area contributed by atoms with Crippen LogP contribution in [0.4, 0.5) is 51.2 Å². The van der Waals surface area contributed by atoms with Crippen LogP contribution in [0.5, 0.6) is 0 Å². The van der Waals surface area contributed by atoms with Crippen LogP contribution in [-0.2, 0) is 5.41 Å². The molecule has 1 aliphatic rings. The Labute approximate surface area is 512 Å². The summed E-state index contributed by atoms with van der Waals surface area (Å²) in [4.78, 5) is 7.26. The van der Waals surface area contributed by atoms with Gasteiger partial charge in [0.15, 0.2) is 0 Å². The van der Waals surface area contributed by atoms with Crippen LogP contribution in [0, 0.1) is 27.7 Å². The van der Waals surface area contributed by atoms with Crippen molar-refractivity contribution in [1.29, 1.82) is 0 Å². The Balaban J connectivity index is 0.893. The maximum absolute atomic E-state index is 2.58. The van der Waals surface area contributed by atoms with E-state index in [1.54, 1.807) is 0 Å². The molecule has 0 bridgehead atoms. The van der Waals surface area contributed by atoms with Gasteiger partial charge in [-0.15, -0.1) is 0 Å². The molecule has 0 saturated heterocycles. The van der Waals surface area contributed by atoms with Crippen molar-refractivity contribution in [2.75, 3.05) is 14.7 Å². The zero-order valence-electron chi connectivity index (χ0n) is 51.2. The molecule has 86 heavy (non-hydrogen) atoms. The Bertz CT molecular complexity index is 4040. The summed E-state index contributed by atoms with van der Waals surface area (Å²) < 4.78 is 0. The summed E-state index contributed by atoms with van der Waals surface area (Å²) in [6.07, 6.45) is 12.5. The molecular weight excluding hydrogens is 1040 g/mol. The van der Waals surface area contributed by atoms with E-state index >= 15 is 0 Å². The van der Waals surface area contributed by atoms with Crippen molar-refractivity contribution in [3.8, 4) is 44.5 Å².